The molecule has 1 aliphatic carbocycles. The second-order valence-corrected chi connectivity index (χ2v) is 5.64. The fourth-order valence-corrected chi connectivity index (χ4v) is 2.97. The van der Waals surface area contributed by atoms with Crippen molar-refractivity contribution in [3.8, 4) is 11.3 Å². The first-order valence-electron chi connectivity index (χ1n) is 7.45. The minimum absolute atomic E-state index is 0.481. The molecular weight excluding hydrogens is 246 g/mol. The van der Waals surface area contributed by atoms with Crippen LogP contribution in [0.3, 0.4) is 0 Å². The molecule has 3 heteroatoms. The number of nitrogens with two attached hydrogens (primary N) is 1. The van der Waals surface area contributed by atoms with Crippen molar-refractivity contribution in [3.05, 3.63) is 41.7 Å². The third kappa shape index (κ3) is 2.53. The van der Waals surface area contributed by atoms with Gasteiger partial charge in [0.25, 0.3) is 0 Å². The highest BCUT2D eigenvalue weighted by Gasteiger charge is 2.20. The van der Waals surface area contributed by atoms with Gasteiger partial charge in [-0.2, -0.15) is 0 Å². The van der Waals surface area contributed by atoms with Crippen LogP contribution in [0, 0.1) is 6.92 Å². The van der Waals surface area contributed by atoms with Crippen LogP contribution in [0.2, 0.25) is 0 Å². The van der Waals surface area contributed by atoms with Crippen LogP contribution >= 0.6 is 0 Å². The fraction of sp³-hybridized carbons (Fsp3) is 0.412. The van der Waals surface area contributed by atoms with Gasteiger partial charge in [-0.1, -0.05) is 49.6 Å². The maximum absolute atomic E-state index is 6.11. The molecule has 20 heavy (non-hydrogen) atoms. The lowest BCUT2D eigenvalue weighted by atomic mass is 9.88. The SMILES string of the molecule is Cc1c(N)nc(C2CCCCC2)nc1-c1ccccc1. The van der Waals surface area contributed by atoms with E-state index in [0.29, 0.717) is 11.7 Å². The van der Waals surface area contributed by atoms with E-state index in [2.05, 4.69) is 17.1 Å². The fourth-order valence-electron chi connectivity index (χ4n) is 2.97. The maximum Gasteiger partial charge on any atom is 0.134 e. The summed E-state index contributed by atoms with van der Waals surface area (Å²) in [6.07, 6.45) is 6.28. The van der Waals surface area contributed by atoms with Gasteiger partial charge in [-0.3, -0.25) is 0 Å². The van der Waals surface area contributed by atoms with Crippen LogP contribution in [0.15, 0.2) is 30.3 Å². The molecule has 0 radical (unpaired) electrons. The zero-order valence-electron chi connectivity index (χ0n) is 12.0. The third-order valence-corrected chi connectivity index (χ3v) is 4.22. The zero-order chi connectivity index (χ0) is 13.9. The van der Waals surface area contributed by atoms with Gasteiger partial charge < -0.3 is 5.73 Å². The Morgan fingerprint density at radius 2 is 1.70 bits per heavy atom. The lowest BCUT2D eigenvalue weighted by molar-refractivity contribution is 0.429. The van der Waals surface area contributed by atoms with E-state index in [4.69, 9.17) is 10.7 Å². The molecule has 1 aliphatic rings. The summed E-state index contributed by atoms with van der Waals surface area (Å²) in [5, 5.41) is 0. The summed E-state index contributed by atoms with van der Waals surface area (Å²) in [5.41, 5.74) is 9.20. The lowest BCUT2D eigenvalue weighted by Gasteiger charge is -2.21. The Morgan fingerprint density at radius 1 is 1.00 bits per heavy atom. The summed E-state index contributed by atoms with van der Waals surface area (Å²) in [4.78, 5) is 9.39. The molecule has 1 fully saturated rings. The normalized spacial score (nSPS) is 16.2. The summed E-state index contributed by atoms with van der Waals surface area (Å²) in [5.74, 6) is 2.04. The quantitative estimate of drug-likeness (QED) is 0.892. The Bertz CT molecular complexity index is 587. The highest BCUT2D eigenvalue weighted by Crippen LogP contribution is 2.33. The topological polar surface area (TPSA) is 51.8 Å². The average Bonchev–Trinajstić information content (AvgIpc) is 2.51. The molecule has 0 saturated heterocycles. The number of nitrogen functional groups attached to an aromatic ring is 1. The summed E-state index contributed by atoms with van der Waals surface area (Å²) < 4.78 is 0. The van der Waals surface area contributed by atoms with Crippen LogP contribution in [0.4, 0.5) is 5.82 Å². The van der Waals surface area contributed by atoms with E-state index >= 15 is 0 Å². The number of hydrogen-bond acceptors (Lipinski definition) is 3. The van der Waals surface area contributed by atoms with E-state index < -0.39 is 0 Å². The number of aromatic nitrogens is 2. The molecule has 2 aromatic rings. The van der Waals surface area contributed by atoms with Gasteiger partial charge in [0.1, 0.15) is 11.6 Å². The van der Waals surface area contributed by atoms with Crippen LogP contribution in [-0.4, -0.2) is 9.97 Å². The molecule has 0 aliphatic heterocycles. The molecule has 0 unspecified atom stereocenters. The predicted octanol–water partition coefficient (Wildman–Crippen LogP) is 4.08. The molecular formula is C17H21N3. The van der Waals surface area contributed by atoms with E-state index in [1.165, 1.54) is 32.1 Å². The summed E-state index contributed by atoms with van der Waals surface area (Å²) in [6, 6.07) is 10.3. The Balaban J connectivity index is 2.03. The zero-order valence-corrected chi connectivity index (χ0v) is 12.0. The van der Waals surface area contributed by atoms with Crippen molar-refractivity contribution in [1.82, 2.24) is 9.97 Å². The van der Waals surface area contributed by atoms with Gasteiger partial charge in [0.15, 0.2) is 0 Å². The van der Waals surface area contributed by atoms with Gasteiger partial charge in [0.2, 0.25) is 0 Å². The minimum atomic E-state index is 0.481. The van der Waals surface area contributed by atoms with Gasteiger partial charge in [0, 0.05) is 17.0 Å². The van der Waals surface area contributed by atoms with Crippen LogP contribution in [0.5, 0.6) is 0 Å². The number of anilines is 1. The van der Waals surface area contributed by atoms with Gasteiger partial charge >= 0.3 is 0 Å². The summed E-state index contributed by atoms with van der Waals surface area (Å²) >= 11 is 0. The van der Waals surface area contributed by atoms with Gasteiger partial charge in [-0.25, -0.2) is 9.97 Å². The maximum atomic E-state index is 6.11. The number of hydrogen-bond donors (Lipinski definition) is 1. The largest absolute Gasteiger partial charge is 0.383 e. The third-order valence-electron chi connectivity index (χ3n) is 4.22. The summed E-state index contributed by atoms with van der Waals surface area (Å²) in [7, 11) is 0. The molecule has 1 saturated carbocycles. The van der Waals surface area contributed by atoms with Gasteiger partial charge in [0.05, 0.1) is 5.69 Å². The van der Waals surface area contributed by atoms with Crippen molar-refractivity contribution in [2.75, 3.05) is 5.73 Å². The monoisotopic (exact) mass is 267 g/mol. The highest BCUT2D eigenvalue weighted by molar-refractivity contribution is 5.67. The smallest absolute Gasteiger partial charge is 0.134 e. The Hall–Kier alpha value is -1.90. The number of rotatable bonds is 2. The van der Waals surface area contributed by atoms with Crippen LogP contribution < -0.4 is 5.73 Å². The molecule has 1 heterocycles. The number of nitrogens with zero attached hydrogens (tertiary/aromatic N) is 2. The summed E-state index contributed by atoms with van der Waals surface area (Å²) in [6.45, 7) is 2.00. The Kier molecular flexibility index (Phi) is 3.68. The molecule has 3 nitrogen and oxygen atoms in total. The number of benzene rings is 1. The van der Waals surface area contributed by atoms with Crippen molar-refractivity contribution in [2.45, 2.75) is 44.9 Å². The molecule has 1 aromatic carbocycles. The van der Waals surface area contributed by atoms with Crippen LogP contribution in [-0.2, 0) is 0 Å². The lowest BCUT2D eigenvalue weighted by Crippen LogP contribution is -2.12. The molecule has 3 rings (SSSR count). The molecule has 0 atom stereocenters. The van der Waals surface area contributed by atoms with Crippen LogP contribution in [0.25, 0.3) is 11.3 Å². The molecule has 0 amide bonds. The second kappa shape index (κ2) is 5.61. The van der Waals surface area contributed by atoms with E-state index in [1.54, 1.807) is 0 Å². The predicted molar refractivity (Wildman–Crippen MR) is 82.4 cm³/mol. The van der Waals surface area contributed by atoms with Crippen molar-refractivity contribution in [3.63, 3.8) is 0 Å². The van der Waals surface area contributed by atoms with E-state index in [1.807, 2.05) is 25.1 Å². The van der Waals surface area contributed by atoms with Crippen molar-refractivity contribution in [1.29, 1.82) is 0 Å². The molecule has 2 N–H and O–H groups in total. The van der Waals surface area contributed by atoms with E-state index in [-0.39, 0.29) is 0 Å². The molecule has 104 valence electrons. The second-order valence-electron chi connectivity index (χ2n) is 5.64. The van der Waals surface area contributed by atoms with Crippen molar-refractivity contribution >= 4 is 5.82 Å². The molecule has 0 spiro atoms. The average molecular weight is 267 g/mol. The molecule has 0 bridgehead atoms. The first-order chi connectivity index (χ1) is 9.75. The molecule has 1 aromatic heterocycles. The van der Waals surface area contributed by atoms with Gasteiger partial charge in [-0.15, -0.1) is 0 Å². The standard InChI is InChI=1S/C17H21N3/c1-12-15(13-8-4-2-5-9-13)19-17(20-16(12)18)14-10-6-3-7-11-14/h2,4-5,8-9,14H,3,6-7,10-11H2,1H3,(H2,18,19,20). The van der Waals surface area contributed by atoms with E-state index in [0.717, 1.165) is 22.6 Å². The highest BCUT2D eigenvalue weighted by atomic mass is 15.0. The first-order valence-corrected chi connectivity index (χ1v) is 7.45. The van der Waals surface area contributed by atoms with Crippen molar-refractivity contribution < 1.29 is 0 Å². The minimum Gasteiger partial charge on any atom is -0.383 e. The van der Waals surface area contributed by atoms with Crippen LogP contribution in [0.1, 0.15) is 49.4 Å². The van der Waals surface area contributed by atoms with E-state index in [9.17, 15) is 0 Å². The Morgan fingerprint density at radius 3 is 2.40 bits per heavy atom. The van der Waals surface area contributed by atoms with Gasteiger partial charge in [-0.05, 0) is 19.8 Å². The van der Waals surface area contributed by atoms with Crippen molar-refractivity contribution in [2.24, 2.45) is 0 Å². The first kappa shape index (κ1) is 13.1. The Labute approximate surface area is 120 Å².